The van der Waals surface area contributed by atoms with Gasteiger partial charge in [-0.2, -0.15) is 0 Å². The predicted molar refractivity (Wildman–Crippen MR) is 141 cm³/mol. The molecule has 37 heavy (non-hydrogen) atoms. The smallest absolute Gasteiger partial charge is 0.305 e. The molecule has 1 aliphatic heterocycles. The Hall–Kier alpha value is -3.26. The Morgan fingerprint density at radius 2 is 1.89 bits per heavy atom. The van der Waals surface area contributed by atoms with Crippen LogP contribution in [-0.2, 0) is 16.0 Å². The first-order chi connectivity index (χ1) is 17.5. The lowest BCUT2D eigenvalue weighted by molar-refractivity contribution is -0.136. The third-order valence-electron chi connectivity index (χ3n) is 6.41. The molecule has 0 saturated carbocycles. The van der Waals surface area contributed by atoms with Crippen molar-refractivity contribution < 1.29 is 23.9 Å². The number of rotatable bonds is 12. The van der Waals surface area contributed by atoms with E-state index in [-0.39, 0.29) is 35.5 Å². The minimum absolute atomic E-state index is 0.0568. The molecule has 0 spiro atoms. The van der Waals surface area contributed by atoms with Crippen molar-refractivity contribution in [2.75, 3.05) is 13.1 Å². The van der Waals surface area contributed by atoms with Crippen LogP contribution in [-0.4, -0.2) is 52.3 Å². The molecule has 1 aliphatic rings. The van der Waals surface area contributed by atoms with E-state index in [1.54, 1.807) is 23.1 Å². The maximum absolute atomic E-state index is 14.0. The van der Waals surface area contributed by atoms with E-state index in [1.807, 2.05) is 19.1 Å². The third kappa shape index (κ3) is 7.61. The highest BCUT2D eigenvalue weighted by atomic mass is 35.5. The van der Waals surface area contributed by atoms with Gasteiger partial charge in [0, 0.05) is 29.2 Å². The molecule has 7 nitrogen and oxygen atoms in total. The van der Waals surface area contributed by atoms with Crippen LogP contribution in [0.2, 0.25) is 5.02 Å². The molecule has 0 aliphatic carbocycles. The first kappa shape index (κ1) is 28.3. The molecule has 3 rings (SSSR count). The summed E-state index contributed by atoms with van der Waals surface area (Å²) in [5, 5.41) is 11.5. The summed E-state index contributed by atoms with van der Waals surface area (Å²) in [7, 11) is 0. The number of carboxylic acids is 1. The van der Waals surface area contributed by atoms with Crippen LogP contribution in [0.5, 0.6) is 0 Å². The fourth-order valence-electron chi connectivity index (χ4n) is 4.40. The van der Waals surface area contributed by atoms with Crippen molar-refractivity contribution in [3.63, 3.8) is 0 Å². The van der Waals surface area contributed by atoms with Crippen molar-refractivity contribution in [3.8, 4) is 0 Å². The van der Waals surface area contributed by atoms with Crippen molar-refractivity contribution >= 4 is 35.1 Å². The van der Waals surface area contributed by atoms with E-state index < -0.39 is 17.4 Å². The average molecular weight is 530 g/mol. The summed E-state index contributed by atoms with van der Waals surface area (Å²) in [5.74, 6) is -1.57. The standard InChI is InChI=1S/C28H33ClFN3O4/c1-18(2)5-4-12-28(3)32-25(21-15-22(29)17-23(30)16-21)27(37)33(28)14-11-19-6-8-20(9-7-19)26(36)31-13-10-24(34)35/h6-9,15-18H,4-5,10-14H2,1-3H3,(H,31,36)(H,34,35). The highest BCUT2D eigenvalue weighted by Gasteiger charge is 2.43. The van der Waals surface area contributed by atoms with Gasteiger partial charge in [0.05, 0.1) is 6.42 Å². The molecule has 1 atom stereocenters. The molecule has 1 heterocycles. The van der Waals surface area contributed by atoms with Crippen LogP contribution in [0.15, 0.2) is 47.5 Å². The molecule has 0 radical (unpaired) electrons. The summed E-state index contributed by atoms with van der Waals surface area (Å²) >= 11 is 6.05. The second-order valence-corrected chi connectivity index (χ2v) is 10.4. The first-order valence-electron chi connectivity index (χ1n) is 12.5. The minimum Gasteiger partial charge on any atom is -0.481 e. The topological polar surface area (TPSA) is 99.1 Å². The average Bonchev–Trinajstić information content (AvgIpc) is 3.06. The molecular formula is C28H33ClFN3O4. The number of amides is 2. The van der Waals surface area contributed by atoms with Crippen LogP contribution in [0.25, 0.3) is 0 Å². The molecular weight excluding hydrogens is 497 g/mol. The summed E-state index contributed by atoms with van der Waals surface area (Å²) in [6.45, 7) is 6.70. The Balaban J connectivity index is 1.73. The number of carbonyl (C=O) groups is 3. The van der Waals surface area contributed by atoms with Gasteiger partial charge in [0.25, 0.3) is 11.8 Å². The number of hydrogen-bond acceptors (Lipinski definition) is 4. The van der Waals surface area contributed by atoms with Crippen molar-refractivity contribution in [2.24, 2.45) is 10.9 Å². The van der Waals surface area contributed by atoms with Gasteiger partial charge in [-0.25, -0.2) is 4.39 Å². The molecule has 2 aromatic carbocycles. The van der Waals surface area contributed by atoms with E-state index in [4.69, 9.17) is 21.7 Å². The number of aliphatic carboxylic acids is 1. The zero-order valence-corrected chi connectivity index (χ0v) is 22.1. The summed E-state index contributed by atoms with van der Waals surface area (Å²) in [5.41, 5.74) is 1.18. The van der Waals surface area contributed by atoms with E-state index in [2.05, 4.69) is 19.2 Å². The second-order valence-electron chi connectivity index (χ2n) is 9.92. The van der Waals surface area contributed by atoms with Crippen LogP contribution in [0, 0.1) is 11.7 Å². The van der Waals surface area contributed by atoms with Gasteiger partial charge in [-0.1, -0.05) is 44.0 Å². The number of halogens is 2. The zero-order chi connectivity index (χ0) is 27.2. The number of carbonyl (C=O) groups excluding carboxylic acids is 2. The number of nitrogens with one attached hydrogen (secondary N) is 1. The van der Waals surface area contributed by atoms with Crippen LogP contribution in [0.4, 0.5) is 4.39 Å². The maximum Gasteiger partial charge on any atom is 0.305 e. The highest BCUT2D eigenvalue weighted by Crippen LogP contribution is 2.33. The van der Waals surface area contributed by atoms with E-state index in [9.17, 15) is 18.8 Å². The number of hydrogen-bond donors (Lipinski definition) is 2. The zero-order valence-electron chi connectivity index (χ0n) is 21.4. The highest BCUT2D eigenvalue weighted by molar-refractivity contribution is 6.47. The Kier molecular flexibility index (Phi) is 9.43. The second kappa shape index (κ2) is 12.3. The van der Waals surface area contributed by atoms with Gasteiger partial charge >= 0.3 is 5.97 Å². The summed E-state index contributed by atoms with van der Waals surface area (Å²) in [6, 6.07) is 11.0. The number of benzene rings is 2. The first-order valence-corrected chi connectivity index (χ1v) is 12.8. The fourth-order valence-corrected chi connectivity index (χ4v) is 4.62. The largest absolute Gasteiger partial charge is 0.481 e. The third-order valence-corrected chi connectivity index (χ3v) is 6.63. The summed E-state index contributed by atoms with van der Waals surface area (Å²) < 4.78 is 14.0. The normalized spacial score (nSPS) is 17.3. The minimum atomic E-state index is -0.976. The molecule has 0 saturated heterocycles. The molecule has 0 aromatic heterocycles. The van der Waals surface area contributed by atoms with Crippen LogP contribution >= 0.6 is 11.6 Å². The Morgan fingerprint density at radius 3 is 2.51 bits per heavy atom. The lowest BCUT2D eigenvalue weighted by Crippen LogP contribution is -2.46. The Bertz CT molecular complexity index is 1160. The van der Waals surface area contributed by atoms with E-state index in [0.29, 0.717) is 36.4 Å². The van der Waals surface area contributed by atoms with Crippen LogP contribution < -0.4 is 5.32 Å². The lowest BCUT2D eigenvalue weighted by atomic mass is 9.99. The van der Waals surface area contributed by atoms with E-state index in [0.717, 1.165) is 18.4 Å². The van der Waals surface area contributed by atoms with Crippen molar-refractivity contribution in [3.05, 3.63) is 70.0 Å². The summed E-state index contributed by atoms with van der Waals surface area (Å²) in [4.78, 5) is 42.8. The van der Waals surface area contributed by atoms with Gasteiger partial charge < -0.3 is 15.3 Å². The molecule has 0 fully saturated rings. The van der Waals surface area contributed by atoms with Crippen LogP contribution in [0.3, 0.4) is 0 Å². The van der Waals surface area contributed by atoms with Gasteiger partial charge in [0.15, 0.2) is 0 Å². The van der Waals surface area contributed by atoms with E-state index >= 15 is 0 Å². The molecule has 0 bridgehead atoms. The molecule has 2 N–H and O–H groups in total. The number of carboxylic acid groups (broad SMARTS) is 1. The van der Waals surface area contributed by atoms with Crippen LogP contribution in [0.1, 0.15) is 67.9 Å². The van der Waals surface area contributed by atoms with Gasteiger partial charge in [-0.05, 0) is 68.0 Å². The lowest BCUT2D eigenvalue weighted by Gasteiger charge is -2.33. The fraction of sp³-hybridized carbons (Fsp3) is 0.429. The maximum atomic E-state index is 14.0. The van der Waals surface area contributed by atoms with E-state index in [1.165, 1.54) is 12.1 Å². The van der Waals surface area contributed by atoms with Gasteiger partial charge in [0.2, 0.25) is 0 Å². The van der Waals surface area contributed by atoms with Crippen molar-refractivity contribution in [1.82, 2.24) is 10.2 Å². The number of nitrogens with zero attached hydrogens (tertiary/aromatic N) is 2. The molecule has 2 amide bonds. The Labute approximate surface area is 221 Å². The monoisotopic (exact) mass is 529 g/mol. The quantitative estimate of drug-likeness (QED) is 0.399. The molecule has 1 unspecified atom stereocenters. The molecule has 198 valence electrons. The van der Waals surface area contributed by atoms with Crippen molar-refractivity contribution in [2.45, 2.75) is 58.5 Å². The number of aliphatic imine (C=N–C) groups is 1. The van der Waals surface area contributed by atoms with Gasteiger partial charge in [0.1, 0.15) is 17.2 Å². The van der Waals surface area contributed by atoms with Gasteiger partial charge in [-0.15, -0.1) is 0 Å². The SMILES string of the molecule is CC(C)CCCC1(C)N=C(c2cc(F)cc(Cl)c2)C(=O)N1CCc1ccc(C(=O)NCCC(=O)O)cc1. The van der Waals surface area contributed by atoms with Crippen molar-refractivity contribution in [1.29, 1.82) is 0 Å². The molecule has 2 aromatic rings. The Morgan fingerprint density at radius 1 is 1.19 bits per heavy atom. The molecule has 9 heteroatoms. The predicted octanol–water partition coefficient (Wildman–Crippen LogP) is 5.10. The van der Waals surface area contributed by atoms with Gasteiger partial charge in [-0.3, -0.25) is 19.4 Å². The summed E-state index contributed by atoms with van der Waals surface area (Å²) in [6.07, 6.45) is 2.97.